The highest BCUT2D eigenvalue weighted by molar-refractivity contribution is 6.62. The lowest BCUT2D eigenvalue weighted by atomic mass is 9.75. The molecule has 0 atom stereocenters. The lowest BCUT2D eigenvalue weighted by Crippen LogP contribution is -2.41. The second-order valence-electron chi connectivity index (χ2n) is 8.19. The van der Waals surface area contributed by atoms with Gasteiger partial charge in [0.1, 0.15) is 5.75 Å². The van der Waals surface area contributed by atoms with E-state index < -0.39 is 0 Å². The standard InChI is InChI=1S/C21H29BN2O3/c1-20(2)21(3,4)27-22(26-20)19-10-9-18(25-6)12-17(19)15-24(5)14-16-8-7-11-23-13-16/h7-13H,14-15H2,1-6H3. The van der Waals surface area contributed by atoms with Crippen molar-refractivity contribution in [1.82, 2.24) is 9.88 Å². The molecule has 0 spiro atoms. The Balaban J connectivity index is 1.83. The van der Waals surface area contributed by atoms with E-state index in [2.05, 4.69) is 56.8 Å². The lowest BCUT2D eigenvalue weighted by molar-refractivity contribution is 0.00578. The third-order valence-electron chi connectivity index (χ3n) is 5.47. The van der Waals surface area contributed by atoms with Crippen molar-refractivity contribution in [2.75, 3.05) is 14.2 Å². The number of ether oxygens (including phenoxy) is 1. The summed E-state index contributed by atoms with van der Waals surface area (Å²) in [6, 6.07) is 10.1. The first-order valence-corrected chi connectivity index (χ1v) is 9.32. The van der Waals surface area contributed by atoms with Crippen LogP contribution in [0, 0.1) is 0 Å². The number of pyridine rings is 1. The first-order chi connectivity index (χ1) is 12.7. The smallest absolute Gasteiger partial charge is 0.495 e. The normalized spacial score (nSPS) is 18.1. The van der Waals surface area contributed by atoms with Gasteiger partial charge in [0.25, 0.3) is 0 Å². The summed E-state index contributed by atoms with van der Waals surface area (Å²) in [7, 11) is 3.40. The summed E-state index contributed by atoms with van der Waals surface area (Å²) in [6.45, 7) is 9.87. The number of rotatable bonds is 6. The zero-order valence-electron chi connectivity index (χ0n) is 17.2. The van der Waals surface area contributed by atoms with Gasteiger partial charge in [-0.2, -0.15) is 0 Å². The van der Waals surface area contributed by atoms with Crippen LogP contribution in [0.3, 0.4) is 0 Å². The van der Waals surface area contributed by atoms with Crippen LogP contribution in [-0.2, 0) is 22.4 Å². The number of benzene rings is 1. The van der Waals surface area contributed by atoms with E-state index in [1.165, 1.54) is 5.56 Å². The zero-order chi connectivity index (χ0) is 19.7. The Labute approximate surface area is 162 Å². The minimum Gasteiger partial charge on any atom is -0.497 e. The van der Waals surface area contributed by atoms with Gasteiger partial charge in [-0.25, -0.2) is 0 Å². The van der Waals surface area contributed by atoms with Crippen molar-refractivity contribution >= 4 is 12.6 Å². The Morgan fingerprint density at radius 2 is 1.78 bits per heavy atom. The maximum Gasteiger partial charge on any atom is 0.495 e. The molecule has 1 aliphatic rings. The predicted octanol–water partition coefficient (Wildman–Crippen LogP) is 3.02. The van der Waals surface area contributed by atoms with Crippen LogP contribution in [-0.4, -0.2) is 42.4 Å². The second-order valence-corrected chi connectivity index (χ2v) is 8.19. The van der Waals surface area contributed by atoms with Gasteiger partial charge in [-0.3, -0.25) is 9.88 Å². The van der Waals surface area contributed by atoms with Crippen molar-refractivity contribution in [3.63, 3.8) is 0 Å². The van der Waals surface area contributed by atoms with Gasteiger partial charge in [0, 0.05) is 25.5 Å². The molecule has 0 N–H and O–H groups in total. The highest BCUT2D eigenvalue weighted by Crippen LogP contribution is 2.37. The molecule has 0 saturated carbocycles. The van der Waals surface area contributed by atoms with Crippen LogP contribution in [0.4, 0.5) is 0 Å². The van der Waals surface area contributed by atoms with E-state index in [1.54, 1.807) is 13.3 Å². The van der Waals surface area contributed by atoms with Crippen molar-refractivity contribution in [2.45, 2.75) is 52.0 Å². The fraction of sp³-hybridized carbons (Fsp3) is 0.476. The van der Waals surface area contributed by atoms with E-state index in [1.807, 2.05) is 24.4 Å². The molecule has 3 rings (SSSR count). The number of hydrogen-bond acceptors (Lipinski definition) is 5. The van der Waals surface area contributed by atoms with Gasteiger partial charge in [0.2, 0.25) is 0 Å². The molecular formula is C21H29BN2O3. The summed E-state index contributed by atoms with van der Waals surface area (Å²) in [5.41, 5.74) is 2.64. The predicted molar refractivity (Wildman–Crippen MR) is 108 cm³/mol. The Hall–Kier alpha value is -1.89. The molecule has 2 aromatic rings. The number of hydrogen-bond donors (Lipinski definition) is 0. The Morgan fingerprint density at radius 1 is 1.07 bits per heavy atom. The van der Waals surface area contributed by atoms with Crippen molar-refractivity contribution in [3.8, 4) is 5.75 Å². The van der Waals surface area contributed by atoms with Crippen LogP contribution < -0.4 is 10.2 Å². The van der Waals surface area contributed by atoms with E-state index in [9.17, 15) is 0 Å². The maximum absolute atomic E-state index is 6.27. The molecule has 1 aromatic carbocycles. The monoisotopic (exact) mass is 368 g/mol. The Morgan fingerprint density at radius 3 is 2.37 bits per heavy atom. The molecule has 27 heavy (non-hydrogen) atoms. The SMILES string of the molecule is COc1ccc(B2OC(C)(C)C(C)(C)O2)c(CN(C)Cc2cccnc2)c1. The molecule has 0 aliphatic carbocycles. The molecule has 5 nitrogen and oxygen atoms in total. The van der Waals surface area contributed by atoms with E-state index in [-0.39, 0.29) is 18.3 Å². The molecule has 0 amide bonds. The van der Waals surface area contributed by atoms with Crippen LogP contribution in [0.15, 0.2) is 42.7 Å². The van der Waals surface area contributed by atoms with Crippen LogP contribution in [0.25, 0.3) is 0 Å². The largest absolute Gasteiger partial charge is 0.497 e. The number of nitrogens with zero attached hydrogens (tertiary/aromatic N) is 2. The van der Waals surface area contributed by atoms with Crippen molar-refractivity contribution < 1.29 is 14.0 Å². The third-order valence-corrected chi connectivity index (χ3v) is 5.47. The summed E-state index contributed by atoms with van der Waals surface area (Å²) in [5, 5.41) is 0. The molecule has 0 radical (unpaired) electrons. The number of methoxy groups -OCH3 is 1. The van der Waals surface area contributed by atoms with Crippen LogP contribution in [0.5, 0.6) is 5.75 Å². The highest BCUT2D eigenvalue weighted by atomic mass is 16.7. The molecule has 6 heteroatoms. The van der Waals surface area contributed by atoms with E-state index in [0.717, 1.165) is 29.9 Å². The van der Waals surface area contributed by atoms with Gasteiger partial charge >= 0.3 is 7.12 Å². The topological polar surface area (TPSA) is 43.8 Å². The van der Waals surface area contributed by atoms with E-state index in [4.69, 9.17) is 14.0 Å². The molecular weight excluding hydrogens is 339 g/mol. The second kappa shape index (κ2) is 7.62. The van der Waals surface area contributed by atoms with Crippen LogP contribution in [0.2, 0.25) is 0 Å². The Bertz CT molecular complexity index is 764. The first kappa shape index (κ1) is 19.9. The molecule has 0 unspecified atom stereocenters. The van der Waals surface area contributed by atoms with Crippen LogP contribution >= 0.6 is 0 Å². The molecule has 1 fully saturated rings. The van der Waals surface area contributed by atoms with Crippen molar-refractivity contribution in [2.24, 2.45) is 0 Å². The summed E-state index contributed by atoms with van der Waals surface area (Å²) >= 11 is 0. The fourth-order valence-electron chi connectivity index (χ4n) is 3.20. The average molecular weight is 368 g/mol. The summed E-state index contributed by atoms with van der Waals surface area (Å²) in [6.07, 6.45) is 3.69. The molecule has 0 bridgehead atoms. The first-order valence-electron chi connectivity index (χ1n) is 9.32. The Kier molecular flexibility index (Phi) is 5.61. The molecule has 1 saturated heterocycles. The minimum atomic E-state index is -0.386. The van der Waals surface area contributed by atoms with E-state index >= 15 is 0 Å². The van der Waals surface area contributed by atoms with Crippen molar-refractivity contribution in [3.05, 3.63) is 53.9 Å². The summed E-state index contributed by atoms with van der Waals surface area (Å²) < 4.78 is 18.0. The number of aromatic nitrogens is 1. The van der Waals surface area contributed by atoms with E-state index in [0.29, 0.717) is 0 Å². The van der Waals surface area contributed by atoms with Crippen LogP contribution in [0.1, 0.15) is 38.8 Å². The molecule has 1 aliphatic heterocycles. The average Bonchev–Trinajstić information content (AvgIpc) is 2.83. The zero-order valence-corrected chi connectivity index (χ0v) is 17.2. The molecule has 144 valence electrons. The maximum atomic E-state index is 6.27. The summed E-state index contributed by atoms with van der Waals surface area (Å²) in [5.74, 6) is 0.833. The fourth-order valence-corrected chi connectivity index (χ4v) is 3.20. The van der Waals surface area contributed by atoms with Gasteiger partial charge < -0.3 is 14.0 Å². The molecule has 2 heterocycles. The lowest BCUT2D eigenvalue weighted by Gasteiger charge is -2.32. The summed E-state index contributed by atoms with van der Waals surface area (Å²) in [4.78, 5) is 6.45. The van der Waals surface area contributed by atoms with Crippen molar-refractivity contribution in [1.29, 1.82) is 0 Å². The quantitative estimate of drug-likeness (QED) is 0.734. The van der Waals surface area contributed by atoms with Gasteiger partial charge in [-0.1, -0.05) is 12.1 Å². The highest BCUT2D eigenvalue weighted by Gasteiger charge is 2.52. The molecule has 1 aromatic heterocycles. The van der Waals surface area contributed by atoms with Gasteiger partial charge in [-0.05, 0) is 69.5 Å². The van der Waals surface area contributed by atoms with Gasteiger partial charge in [0.05, 0.1) is 18.3 Å². The third kappa shape index (κ3) is 4.34. The van der Waals surface area contributed by atoms with Gasteiger partial charge in [0.15, 0.2) is 0 Å². The van der Waals surface area contributed by atoms with Gasteiger partial charge in [-0.15, -0.1) is 0 Å². The minimum absolute atomic E-state index is 0.365.